The van der Waals surface area contributed by atoms with E-state index in [1.54, 1.807) is 36.4 Å². The average Bonchev–Trinajstić information content (AvgIpc) is 2.27. The molecule has 0 aliphatic rings. The zero-order valence-corrected chi connectivity index (χ0v) is 11.3. The van der Waals surface area contributed by atoms with Gasteiger partial charge in [0.25, 0.3) is 0 Å². The third-order valence-corrected chi connectivity index (χ3v) is 2.99. The second kappa shape index (κ2) is 5.49. The minimum atomic E-state index is 0.399. The number of hydrogen-bond donors (Lipinski definition) is 1. The first-order valence-corrected chi connectivity index (χ1v) is 6.14. The van der Waals surface area contributed by atoms with Crippen molar-refractivity contribution >= 4 is 46.2 Å². The third kappa shape index (κ3) is 3.08. The summed E-state index contributed by atoms with van der Waals surface area (Å²) in [6.07, 6.45) is 0. The molecule has 18 heavy (non-hydrogen) atoms. The Morgan fingerprint density at radius 3 is 2.11 bits per heavy atom. The highest BCUT2D eigenvalue weighted by Gasteiger charge is 2.03. The fourth-order valence-electron chi connectivity index (χ4n) is 1.48. The van der Waals surface area contributed by atoms with Crippen molar-refractivity contribution in [1.29, 1.82) is 5.26 Å². The Balaban J connectivity index is 2.29. The average molecular weight is 298 g/mol. The Labute approximate surface area is 120 Å². The SMILES string of the molecule is N#Cc1ccc(Nc2cc(Cl)cc(Cl)c2)cc1Cl. The number of halogens is 3. The van der Waals surface area contributed by atoms with E-state index >= 15 is 0 Å². The molecule has 90 valence electrons. The molecule has 0 atom stereocenters. The molecular formula is C13H7Cl3N2. The Morgan fingerprint density at radius 1 is 0.889 bits per heavy atom. The van der Waals surface area contributed by atoms with Crippen LogP contribution < -0.4 is 5.32 Å². The highest BCUT2D eigenvalue weighted by Crippen LogP contribution is 2.27. The van der Waals surface area contributed by atoms with E-state index in [0.717, 1.165) is 11.4 Å². The lowest BCUT2D eigenvalue weighted by atomic mass is 10.2. The van der Waals surface area contributed by atoms with Crippen molar-refractivity contribution in [3.63, 3.8) is 0 Å². The van der Waals surface area contributed by atoms with Crippen LogP contribution in [0.15, 0.2) is 36.4 Å². The Bertz CT molecular complexity index is 612. The zero-order valence-electron chi connectivity index (χ0n) is 9.05. The van der Waals surface area contributed by atoms with Gasteiger partial charge in [-0.25, -0.2) is 0 Å². The van der Waals surface area contributed by atoms with Gasteiger partial charge in [0.2, 0.25) is 0 Å². The van der Waals surface area contributed by atoms with Gasteiger partial charge in [0, 0.05) is 21.4 Å². The second-order valence-corrected chi connectivity index (χ2v) is 4.87. The van der Waals surface area contributed by atoms with Gasteiger partial charge >= 0.3 is 0 Å². The second-order valence-electron chi connectivity index (χ2n) is 3.59. The molecule has 0 bridgehead atoms. The van der Waals surface area contributed by atoms with Gasteiger partial charge in [-0.1, -0.05) is 34.8 Å². The van der Waals surface area contributed by atoms with Gasteiger partial charge in [0.1, 0.15) is 6.07 Å². The molecule has 0 aliphatic heterocycles. The summed E-state index contributed by atoms with van der Waals surface area (Å²) in [5.74, 6) is 0. The first kappa shape index (κ1) is 13.0. The minimum Gasteiger partial charge on any atom is -0.355 e. The molecule has 0 spiro atoms. The number of benzene rings is 2. The number of rotatable bonds is 2. The summed E-state index contributed by atoms with van der Waals surface area (Å²) >= 11 is 17.7. The van der Waals surface area contributed by atoms with Crippen LogP contribution in [-0.4, -0.2) is 0 Å². The molecule has 0 aliphatic carbocycles. The lowest BCUT2D eigenvalue weighted by Gasteiger charge is -2.08. The van der Waals surface area contributed by atoms with E-state index in [2.05, 4.69) is 5.32 Å². The molecule has 0 saturated heterocycles. The molecule has 2 rings (SSSR count). The van der Waals surface area contributed by atoms with Crippen LogP contribution in [0, 0.1) is 11.3 Å². The van der Waals surface area contributed by atoms with Gasteiger partial charge in [0.15, 0.2) is 0 Å². The van der Waals surface area contributed by atoms with Gasteiger partial charge in [-0.05, 0) is 36.4 Å². The quantitative estimate of drug-likeness (QED) is 0.820. The van der Waals surface area contributed by atoms with Gasteiger partial charge in [-0.2, -0.15) is 5.26 Å². The van der Waals surface area contributed by atoms with Crippen LogP contribution in [0.1, 0.15) is 5.56 Å². The molecule has 0 unspecified atom stereocenters. The van der Waals surface area contributed by atoms with Gasteiger partial charge < -0.3 is 5.32 Å². The van der Waals surface area contributed by atoms with E-state index in [1.807, 2.05) is 6.07 Å². The summed E-state index contributed by atoms with van der Waals surface area (Å²) in [4.78, 5) is 0. The van der Waals surface area contributed by atoms with Crippen LogP contribution >= 0.6 is 34.8 Å². The number of hydrogen-bond acceptors (Lipinski definition) is 2. The third-order valence-electron chi connectivity index (χ3n) is 2.24. The fourth-order valence-corrected chi connectivity index (χ4v) is 2.23. The maximum absolute atomic E-state index is 8.78. The van der Waals surface area contributed by atoms with Gasteiger partial charge in [-0.15, -0.1) is 0 Å². The van der Waals surface area contributed by atoms with Crippen molar-refractivity contribution in [3.05, 3.63) is 57.0 Å². The van der Waals surface area contributed by atoms with Gasteiger partial charge in [-0.3, -0.25) is 0 Å². The molecule has 1 N–H and O–H groups in total. The fraction of sp³-hybridized carbons (Fsp3) is 0. The molecular weight excluding hydrogens is 291 g/mol. The van der Waals surface area contributed by atoms with Crippen LogP contribution in [0.25, 0.3) is 0 Å². The minimum absolute atomic E-state index is 0.399. The van der Waals surface area contributed by atoms with E-state index in [1.165, 1.54) is 0 Å². The summed E-state index contributed by atoms with van der Waals surface area (Å²) in [5, 5.41) is 13.4. The van der Waals surface area contributed by atoms with E-state index in [-0.39, 0.29) is 0 Å². The maximum atomic E-state index is 8.78. The molecule has 0 radical (unpaired) electrons. The van der Waals surface area contributed by atoms with E-state index in [9.17, 15) is 0 Å². The monoisotopic (exact) mass is 296 g/mol. The van der Waals surface area contributed by atoms with Crippen molar-refractivity contribution in [3.8, 4) is 6.07 Å². The molecule has 2 nitrogen and oxygen atoms in total. The Morgan fingerprint density at radius 2 is 1.56 bits per heavy atom. The topological polar surface area (TPSA) is 35.8 Å². The van der Waals surface area contributed by atoms with Crippen molar-refractivity contribution in [2.24, 2.45) is 0 Å². The zero-order chi connectivity index (χ0) is 13.1. The molecule has 0 fully saturated rings. The lowest BCUT2D eigenvalue weighted by Crippen LogP contribution is -1.91. The van der Waals surface area contributed by atoms with Crippen LogP contribution in [0.5, 0.6) is 0 Å². The van der Waals surface area contributed by atoms with Gasteiger partial charge in [0.05, 0.1) is 10.6 Å². The molecule has 2 aromatic carbocycles. The standard InChI is InChI=1S/C13H7Cl3N2/c14-9-3-10(15)5-12(4-9)18-11-2-1-8(7-17)13(16)6-11/h1-6,18H. The van der Waals surface area contributed by atoms with E-state index in [0.29, 0.717) is 20.6 Å². The highest BCUT2D eigenvalue weighted by atomic mass is 35.5. The molecule has 0 heterocycles. The normalized spacial score (nSPS) is 9.89. The van der Waals surface area contributed by atoms with Crippen LogP contribution in [0.2, 0.25) is 15.1 Å². The van der Waals surface area contributed by atoms with Crippen LogP contribution in [0.4, 0.5) is 11.4 Å². The largest absolute Gasteiger partial charge is 0.355 e. The first-order chi connectivity index (χ1) is 8.58. The molecule has 0 saturated carbocycles. The molecule has 0 amide bonds. The molecule has 2 aromatic rings. The maximum Gasteiger partial charge on any atom is 0.101 e. The van der Waals surface area contributed by atoms with E-state index < -0.39 is 0 Å². The summed E-state index contributed by atoms with van der Waals surface area (Å²) < 4.78 is 0. The predicted octanol–water partition coefficient (Wildman–Crippen LogP) is 5.26. The number of nitrogens with zero attached hydrogens (tertiary/aromatic N) is 1. The molecule has 0 aromatic heterocycles. The van der Waals surface area contributed by atoms with Crippen molar-refractivity contribution in [2.75, 3.05) is 5.32 Å². The van der Waals surface area contributed by atoms with E-state index in [4.69, 9.17) is 40.1 Å². The van der Waals surface area contributed by atoms with Crippen molar-refractivity contribution in [1.82, 2.24) is 0 Å². The lowest BCUT2D eigenvalue weighted by molar-refractivity contribution is 1.47. The Kier molecular flexibility index (Phi) is 3.98. The summed E-state index contributed by atoms with van der Waals surface area (Å²) in [7, 11) is 0. The Hall–Kier alpha value is -1.40. The number of nitriles is 1. The number of anilines is 2. The first-order valence-electron chi connectivity index (χ1n) is 5.01. The highest BCUT2D eigenvalue weighted by molar-refractivity contribution is 6.35. The summed E-state index contributed by atoms with van der Waals surface area (Å²) in [5.41, 5.74) is 1.96. The van der Waals surface area contributed by atoms with Crippen molar-refractivity contribution < 1.29 is 0 Å². The van der Waals surface area contributed by atoms with Crippen LogP contribution in [0.3, 0.4) is 0 Å². The van der Waals surface area contributed by atoms with Crippen LogP contribution in [-0.2, 0) is 0 Å². The predicted molar refractivity (Wildman–Crippen MR) is 75.9 cm³/mol. The van der Waals surface area contributed by atoms with Crippen molar-refractivity contribution in [2.45, 2.75) is 0 Å². The molecule has 5 heteroatoms. The summed E-state index contributed by atoms with van der Waals surface area (Å²) in [6, 6.07) is 12.2. The smallest absolute Gasteiger partial charge is 0.101 e. The number of nitrogens with one attached hydrogen (secondary N) is 1. The summed E-state index contributed by atoms with van der Waals surface area (Å²) in [6.45, 7) is 0.